The van der Waals surface area contributed by atoms with Gasteiger partial charge in [-0.05, 0) is 51.5 Å². The zero-order valence-corrected chi connectivity index (χ0v) is 18.4. The van der Waals surface area contributed by atoms with Gasteiger partial charge in [0.15, 0.2) is 0 Å². The lowest BCUT2D eigenvalue weighted by Gasteiger charge is -2.10. The molecule has 1 aliphatic carbocycles. The first-order valence-corrected chi connectivity index (χ1v) is 11.0. The van der Waals surface area contributed by atoms with Crippen LogP contribution >= 0.6 is 0 Å². The Morgan fingerprint density at radius 3 is 2.83 bits per heavy atom. The van der Waals surface area contributed by atoms with E-state index in [9.17, 15) is 9.59 Å². The number of hydrogen-bond donors (Lipinski definition) is 1. The number of carbonyl (C=O) groups is 2. The third kappa shape index (κ3) is 5.19. The van der Waals surface area contributed by atoms with Crippen LogP contribution in [0.1, 0.15) is 68.2 Å². The predicted octanol–water partition coefficient (Wildman–Crippen LogP) is 3.13. The Balaban J connectivity index is 1.64. The van der Waals surface area contributed by atoms with E-state index < -0.39 is 0 Å². The Bertz CT molecular complexity index is 851. The summed E-state index contributed by atoms with van der Waals surface area (Å²) in [6.45, 7) is 8.90. The third-order valence-corrected chi connectivity index (χ3v) is 5.77. The molecule has 2 aliphatic rings. The molecule has 0 aromatic carbocycles. The van der Waals surface area contributed by atoms with Crippen LogP contribution in [0.15, 0.2) is 22.8 Å². The number of nitrogens with zero attached hydrogens (tertiary/aromatic N) is 2. The first-order chi connectivity index (χ1) is 14.5. The Hall–Kier alpha value is -2.41. The molecule has 0 unspecified atom stereocenters. The molecular weight excluding hydrogens is 382 g/mol. The highest BCUT2D eigenvalue weighted by atomic mass is 16.5. The van der Waals surface area contributed by atoms with Crippen LogP contribution in [0, 0.1) is 0 Å². The molecular formula is C23H33N3O4. The maximum atomic E-state index is 12.8. The molecule has 0 atom stereocenters. The summed E-state index contributed by atoms with van der Waals surface area (Å²) in [7, 11) is 0. The van der Waals surface area contributed by atoms with Gasteiger partial charge in [-0.2, -0.15) is 5.10 Å². The van der Waals surface area contributed by atoms with E-state index in [2.05, 4.69) is 5.32 Å². The zero-order chi connectivity index (χ0) is 21.5. The van der Waals surface area contributed by atoms with E-state index in [1.165, 1.54) is 5.57 Å². The van der Waals surface area contributed by atoms with Crippen LogP contribution < -0.4 is 5.32 Å². The van der Waals surface area contributed by atoms with E-state index in [-0.39, 0.29) is 11.9 Å². The van der Waals surface area contributed by atoms with Crippen molar-refractivity contribution >= 4 is 11.9 Å². The molecule has 1 aromatic heterocycles. The Kier molecular flexibility index (Phi) is 7.85. The van der Waals surface area contributed by atoms with Crippen LogP contribution in [0.5, 0.6) is 0 Å². The summed E-state index contributed by atoms with van der Waals surface area (Å²) >= 11 is 0. The van der Waals surface area contributed by atoms with Gasteiger partial charge in [-0.25, -0.2) is 4.79 Å². The molecule has 2 heterocycles. The summed E-state index contributed by atoms with van der Waals surface area (Å²) in [5.41, 5.74) is 5.42. The molecule has 7 heteroatoms. The first-order valence-electron chi connectivity index (χ1n) is 11.0. The molecule has 1 aliphatic heterocycles. The van der Waals surface area contributed by atoms with Crippen LogP contribution in [-0.2, 0) is 33.7 Å². The van der Waals surface area contributed by atoms with Gasteiger partial charge in [0.2, 0.25) is 0 Å². The highest BCUT2D eigenvalue weighted by Crippen LogP contribution is 2.26. The molecule has 164 valence electrons. The third-order valence-electron chi connectivity index (χ3n) is 5.77. The number of carbonyl (C=O) groups excluding carboxylic acids is 2. The monoisotopic (exact) mass is 415 g/mol. The average molecular weight is 416 g/mol. The summed E-state index contributed by atoms with van der Waals surface area (Å²) in [6, 6.07) is 0. The summed E-state index contributed by atoms with van der Waals surface area (Å²) in [6.07, 6.45) is 6.51. The molecule has 1 amide bonds. The van der Waals surface area contributed by atoms with Gasteiger partial charge >= 0.3 is 5.97 Å². The number of nitrogens with one attached hydrogen (secondary N) is 1. The van der Waals surface area contributed by atoms with Crippen molar-refractivity contribution in [3.63, 3.8) is 0 Å². The van der Waals surface area contributed by atoms with Crippen molar-refractivity contribution in [2.75, 3.05) is 26.4 Å². The lowest BCUT2D eigenvalue weighted by Crippen LogP contribution is -2.26. The fraction of sp³-hybridized carbons (Fsp3) is 0.609. The van der Waals surface area contributed by atoms with Crippen molar-refractivity contribution < 1.29 is 19.1 Å². The fourth-order valence-corrected chi connectivity index (χ4v) is 3.89. The highest BCUT2D eigenvalue weighted by molar-refractivity contribution is 5.96. The number of allylic oxidation sites excluding steroid dienone is 2. The second kappa shape index (κ2) is 10.6. The van der Waals surface area contributed by atoms with Crippen molar-refractivity contribution in [3.05, 3.63) is 39.7 Å². The molecule has 0 spiro atoms. The lowest BCUT2D eigenvalue weighted by molar-refractivity contribution is -0.138. The number of amides is 1. The second-order valence-electron chi connectivity index (χ2n) is 7.89. The quantitative estimate of drug-likeness (QED) is 0.570. The summed E-state index contributed by atoms with van der Waals surface area (Å²) < 4.78 is 13.0. The van der Waals surface area contributed by atoms with Gasteiger partial charge in [-0.3, -0.25) is 9.48 Å². The van der Waals surface area contributed by atoms with Crippen molar-refractivity contribution in [2.24, 2.45) is 0 Å². The van der Waals surface area contributed by atoms with E-state index in [1.807, 2.05) is 31.5 Å². The van der Waals surface area contributed by atoms with Gasteiger partial charge in [-0.1, -0.05) is 18.6 Å². The maximum absolute atomic E-state index is 12.8. The number of fused-ring (bicyclic) bond motifs is 1. The molecule has 0 saturated heterocycles. The van der Waals surface area contributed by atoms with E-state index >= 15 is 0 Å². The largest absolute Gasteiger partial charge is 0.462 e. The minimum absolute atomic E-state index is 0.0489. The number of rotatable bonds is 6. The van der Waals surface area contributed by atoms with Gasteiger partial charge < -0.3 is 14.8 Å². The molecule has 7 nitrogen and oxygen atoms in total. The highest BCUT2D eigenvalue weighted by Gasteiger charge is 2.23. The van der Waals surface area contributed by atoms with Gasteiger partial charge in [0.1, 0.15) is 0 Å². The van der Waals surface area contributed by atoms with Crippen LogP contribution in [-0.4, -0.2) is 48.0 Å². The topological polar surface area (TPSA) is 82.5 Å². The Morgan fingerprint density at radius 1 is 1.30 bits per heavy atom. The molecule has 0 fully saturated rings. The van der Waals surface area contributed by atoms with E-state index in [0.717, 1.165) is 42.6 Å². The van der Waals surface area contributed by atoms with Crippen molar-refractivity contribution in [1.82, 2.24) is 15.1 Å². The van der Waals surface area contributed by atoms with Crippen molar-refractivity contribution in [1.29, 1.82) is 0 Å². The fourth-order valence-electron chi connectivity index (χ4n) is 3.89. The van der Waals surface area contributed by atoms with Crippen molar-refractivity contribution in [3.8, 4) is 0 Å². The van der Waals surface area contributed by atoms with Crippen LogP contribution in [0.25, 0.3) is 0 Å². The van der Waals surface area contributed by atoms with E-state index in [4.69, 9.17) is 14.6 Å². The Morgan fingerprint density at radius 2 is 2.10 bits per heavy atom. The summed E-state index contributed by atoms with van der Waals surface area (Å²) in [5, 5.41) is 7.69. The summed E-state index contributed by atoms with van der Waals surface area (Å²) in [5.74, 6) is -0.304. The molecule has 30 heavy (non-hydrogen) atoms. The van der Waals surface area contributed by atoms with E-state index in [0.29, 0.717) is 56.9 Å². The second-order valence-corrected chi connectivity index (χ2v) is 7.89. The molecule has 1 aromatic rings. The van der Waals surface area contributed by atoms with Gasteiger partial charge in [0.05, 0.1) is 29.1 Å². The Labute approximate surface area is 178 Å². The predicted molar refractivity (Wildman–Crippen MR) is 114 cm³/mol. The van der Waals surface area contributed by atoms with Crippen molar-refractivity contribution in [2.45, 2.75) is 65.8 Å². The van der Waals surface area contributed by atoms with Crippen LogP contribution in [0.3, 0.4) is 0 Å². The number of aryl methyl sites for hydroxylation is 2. The van der Waals surface area contributed by atoms with Gasteiger partial charge in [0, 0.05) is 32.7 Å². The normalized spacial score (nSPS) is 17.8. The number of ether oxygens (including phenoxy) is 2. The SMILES string of the molecule is CCc1nn(CCCOC(=O)C2=CCC(C)=C2C)c2c1C(=O)NCCCOCCC2. The van der Waals surface area contributed by atoms with Crippen LogP contribution in [0.4, 0.5) is 0 Å². The molecule has 0 saturated carbocycles. The zero-order valence-electron chi connectivity index (χ0n) is 18.4. The minimum atomic E-state index is -0.255. The molecule has 0 radical (unpaired) electrons. The molecule has 3 rings (SSSR count). The summed E-state index contributed by atoms with van der Waals surface area (Å²) in [4.78, 5) is 25.1. The first kappa shape index (κ1) is 22.3. The van der Waals surface area contributed by atoms with Crippen LogP contribution in [0.2, 0.25) is 0 Å². The van der Waals surface area contributed by atoms with E-state index in [1.54, 1.807) is 0 Å². The lowest BCUT2D eigenvalue weighted by atomic mass is 10.1. The maximum Gasteiger partial charge on any atom is 0.338 e. The van der Waals surface area contributed by atoms with Gasteiger partial charge in [-0.15, -0.1) is 0 Å². The van der Waals surface area contributed by atoms with Gasteiger partial charge in [0.25, 0.3) is 5.91 Å². The number of aromatic nitrogens is 2. The molecule has 0 bridgehead atoms. The number of esters is 1. The molecule has 1 N–H and O–H groups in total. The number of hydrogen-bond acceptors (Lipinski definition) is 5. The smallest absolute Gasteiger partial charge is 0.338 e. The minimum Gasteiger partial charge on any atom is -0.462 e. The average Bonchev–Trinajstić information content (AvgIpc) is 3.25. The standard InChI is InChI=1S/C23H33N3O4/c1-4-19-21-20(8-5-13-29-14-6-11-24-22(21)27)26(25-19)12-7-15-30-23(28)18-10-9-16(2)17(18)3/h10H,4-9,11-15H2,1-3H3,(H,24,27).